The van der Waals surface area contributed by atoms with Crippen LogP contribution in [-0.4, -0.2) is 22.1 Å². The van der Waals surface area contributed by atoms with Crippen LogP contribution in [0.2, 0.25) is 0 Å². The van der Waals surface area contributed by atoms with Gasteiger partial charge >= 0.3 is 0 Å². The number of nitrogens with one attached hydrogen (secondary N) is 1. The summed E-state index contributed by atoms with van der Waals surface area (Å²) in [6, 6.07) is 0. The first-order chi connectivity index (χ1) is 6.81. The van der Waals surface area contributed by atoms with E-state index in [1.54, 1.807) is 6.20 Å². The Morgan fingerprint density at radius 1 is 1.50 bits per heavy atom. The van der Waals surface area contributed by atoms with E-state index in [4.69, 9.17) is 4.74 Å². The first-order valence-electron chi connectivity index (χ1n) is 3.84. The van der Waals surface area contributed by atoms with E-state index >= 15 is 0 Å². The number of nitrogens with zero attached hydrogens (tertiary/aromatic N) is 2. The third-order valence-corrected chi connectivity index (χ3v) is 2.40. The Morgan fingerprint density at radius 3 is 2.93 bits per heavy atom. The molecule has 0 amide bonds. The first kappa shape index (κ1) is 8.89. The second kappa shape index (κ2) is 3.59. The molecule has 0 aromatic carbocycles. The fourth-order valence-electron chi connectivity index (χ4n) is 0.978. The predicted molar refractivity (Wildman–Crippen MR) is 52.5 cm³/mol. The van der Waals surface area contributed by atoms with Crippen LogP contribution in [0.3, 0.4) is 0 Å². The lowest BCUT2D eigenvalue weighted by Gasteiger charge is -1.98. The first-order valence-corrected chi connectivity index (χ1v) is 4.72. The molecule has 0 aliphatic rings. The van der Waals surface area contributed by atoms with Crippen molar-refractivity contribution in [2.45, 2.75) is 0 Å². The number of ether oxygens (including phenoxy) is 1. The van der Waals surface area contributed by atoms with Crippen molar-refractivity contribution in [3.05, 3.63) is 28.1 Å². The lowest BCUT2D eigenvalue weighted by molar-refractivity contribution is 0.406. The zero-order chi connectivity index (χ0) is 9.97. The lowest BCUT2D eigenvalue weighted by atomic mass is 10.5. The van der Waals surface area contributed by atoms with Crippen LogP contribution in [0.5, 0.6) is 5.75 Å². The highest BCUT2D eigenvalue weighted by molar-refractivity contribution is 7.12. The Labute approximate surface area is 83.4 Å². The summed E-state index contributed by atoms with van der Waals surface area (Å²) in [4.78, 5) is 22.0. The molecule has 2 aromatic heterocycles. The molecule has 5 nitrogen and oxygen atoms in total. The molecule has 2 heterocycles. The van der Waals surface area contributed by atoms with Crippen molar-refractivity contribution in [1.82, 2.24) is 15.0 Å². The molecule has 0 atom stereocenters. The minimum absolute atomic E-state index is 0.199. The maximum atomic E-state index is 11.3. The number of H-pyrrole nitrogens is 1. The van der Waals surface area contributed by atoms with Crippen molar-refractivity contribution < 1.29 is 4.74 Å². The normalized spacial score (nSPS) is 10.1. The Hall–Kier alpha value is -1.69. The van der Waals surface area contributed by atoms with E-state index in [1.807, 2.05) is 5.38 Å². The topological polar surface area (TPSA) is 67.9 Å². The highest BCUT2D eigenvalue weighted by Crippen LogP contribution is 2.16. The maximum absolute atomic E-state index is 11.3. The largest absolute Gasteiger partial charge is 0.490 e. The Bertz CT molecular complexity index is 478. The van der Waals surface area contributed by atoms with Gasteiger partial charge in [0.1, 0.15) is 0 Å². The Balaban J connectivity index is 2.48. The summed E-state index contributed by atoms with van der Waals surface area (Å²) >= 11 is 1.41. The van der Waals surface area contributed by atoms with Crippen LogP contribution in [0.25, 0.3) is 10.8 Å². The van der Waals surface area contributed by atoms with E-state index in [1.165, 1.54) is 24.6 Å². The summed E-state index contributed by atoms with van der Waals surface area (Å²) < 4.78 is 4.79. The average molecular weight is 209 g/mol. The van der Waals surface area contributed by atoms with E-state index in [0.29, 0.717) is 10.8 Å². The van der Waals surface area contributed by atoms with Crippen molar-refractivity contribution in [2.24, 2.45) is 0 Å². The summed E-state index contributed by atoms with van der Waals surface area (Å²) in [7, 11) is 1.43. The smallest absolute Gasteiger partial charge is 0.293 e. The molecule has 0 saturated heterocycles. The fourth-order valence-corrected chi connectivity index (χ4v) is 1.57. The monoisotopic (exact) mass is 209 g/mol. The second-order valence-electron chi connectivity index (χ2n) is 2.47. The number of aromatic amines is 1. The van der Waals surface area contributed by atoms with Crippen LogP contribution in [0.4, 0.5) is 0 Å². The summed E-state index contributed by atoms with van der Waals surface area (Å²) in [6.07, 6.45) is 3.04. The molecule has 2 rings (SSSR count). The highest BCUT2D eigenvalue weighted by atomic mass is 32.1. The van der Waals surface area contributed by atoms with Crippen LogP contribution in [0.15, 0.2) is 22.6 Å². The van der Waals surface area contributed by atoms with Crippen molar-refractivity contribution >= 4 is 11.3 Å². The quantitative estimate of drug-likeness (QED) is 0.798. The van der Waals surface area contributed by atoms with E-state index in [-0.39, 0.29) is 11.3 Å². The Morgan fingerprint density at radius 2 is 2.36 bits per heavy atom. The van der Waals surface area contributed by atoms with Crippen molar-refractivity contribution in [1.29, 1.82) is 0 Å². The molecule has 72 valence electrons. The van der Waals surface area contributed by atoms with Crippen LogP contribution in [0, 0.1) is 0 Å². The number of hydrogen-bond acceptors (Lipinski definition) is 5. The third-order valence-electron chi connectivity index (χ3n) is 1.62. The zero-order valence-electron chi connectivity index (χ0n) is 7.35. The summed E-state index contributed by atoms with van der Waals surface area (Å²) in [5, 5.41) is 2.50. The van der Waals surface area contributed by atoms with Gasteiger partial charge in [-0.05, 0) is 0 Å². The number of thiazole rings is 1. The van der Waals surface area contributed by atoms with E-state index < -0.39 is 0 Å². The Kier molecular flexibility index (Phi) is 2.28. The van der Waals surface area contributed by atoms with Gasteiger partial charge in [-0.15, -0.1) is 11.3 Å². The molecule has 0 spiro atoms. The van der Waals surface area contributed by atoms with Crippen LogP contribution in [-0.2, 0) is 0 Å². The molecular weight excluding hydrogens is 202 g/mol. The number of rotatable bonds is 2. The molecule has 0 aliphatic heterocycles. The molecule has 0 fully saturated rings. The van der Waals surface area contributed by atoms with E-state index in [2.05, 4.69) is 15.0 Å². The maximum Gasteiger partial charge on any atom is 0.293 e. The van der Waals surface area contributed by atoms with Gasteiger partial charge in [-0.25, -0.2) is 9.97 Å². The summed E-state index contributed by atoms with van der Waals surface area (Å²) in [5.74, 6) is 0.663. The zero-order valence-corrected chi connectivity index (χ0v) is 8.17. The molecule has 0 aliphatic carbocycles. The van der Waals surface area contributed by atoms with Crippen molar-refractivity contribution in [2.75, 3.05) is 7.11 Å². The van der Waals surface area contributed by atoms with Crippen LogP contribution in [0.1, 0.15) is 0 Å². The van der Waals surface area contributed by atoms with Crippen LogP contribution >= 0.6 is 11.3 Å². The molecule has 1 N–H and O–H groups in total. The van der Waals surface area contributed by atoms with Gasteiger partial charge in [-0.3, -0.25) is 4.79 Å². The van der Waals surface area contributed by atoms with Crippen molar-refractivity contribution in [3.8, 4) is 16.6 Å². The molecule has 6 heteroatoms. The molecule has 0 saturated carbocycles. The van der Waals surface area contributed by atoms with Gasteiger partial charge in [0.2, 0.25) is 5.75 Å². The van der Waals surface area contributed by atoms with Gasteiger partial charge in [0.05, 0.1) is 13.3 Å². The third kappa shape index (κ3) is 1.51. The van der Waals surface area contributed by atoms with E-state index in [9.17, 15) is 4.79 Å². The van der Waals surface area contributed by atoms with E-state index in [0.717, 1.165) is 0 Å². The highest BCUT2D eigenvalue weighted by Gasteiger charge is 2.05. The predicted octanol–water partition coefficient (Wildman–Crippen LogP) is 0.902. The summed E-state index contributed by atoms with van der Waals surface area (Å²) in [5.41, 5.74) is -0.298. The van der Waals surface area contributed by atoms with Gasteiger partial charge < -0.3 is 9.72 Å². The molecule has 0 radical (unpaired) electrons. The molecule has 2 aromatic rings. The van der Waals surface area contributed by atoms with Crippen LogP contribution < -0.4 is 10.3 Å². The van der Waals surface area contributed by atoms with Crippen molar-refractivity contribution in [3.63, 3.8) is 0 Å². The number of aromatic nitrogens is 3. The molecule has 0 bridgehead atoms. The lowest BCUT2D eigenvalue weighted by Crippen LogP contribution is -2.10. The standard InChI is InChI=1S/C8H7N3O2S/c1-13-5-4-10-6(11-7(5)12)8-9-2-3-14-8/h2-4H,1H3,(H,10,11,12). The second-order valence-corrected chi connectivity index (χ2v) is 3.36. The van der Waals surface area contributed by atoms with Gasteiger partial charge in [0.15, 0.2) is 10.8 Å². The fraction of sp³-hybridized carbons (Fsp3) is 0.125. The van der Waals surface area contributed by atoms with Gasteiger partial charge in [-0.1, -0.05) is 0 Å². The van der Waals surface area contributed by atoms with Gasteiger partial charge in [0.25, 0.3) is 5.56 Å². The molecular formula is C8H7N3O2S. The van der Waals surface area contributed by atoms with Gasteiger partial charge in [-0.2, -0.15) is 0 Å². The minimum atomic E-state index is -0.298. The summed E-state index contributed by atoms with van der Waals surface area (Å²) in [6.45, 7) is 0. The molecule has 14 heavy (non-hydrogen) atoms. The minimum Gasteiger partial charge on any atom is -0.490 e. The average Bonchev–Trinajstić information content (AvgIpc) is 2.70. The SMILES string of the molecule is COc1cnc(-c2nccs2)[nH]c1=O. The molecule has 0 unspecified atom stereocenters. The van der Waals surface area contributed by atoms with Gasteiger partial charge in [0, 0.05) is 11.6 Å². The number of methoxy groups -OCH3 is 1. The number of hydrogen-bond donors (Lipinski definition) is 1.